The average Bonchev–Trinajstić information content (AvgIpc) is 2.53. The van der Waals surface area contributed by atoms with Crippen molar-refractivity contribution in [1.29, 1.82) is 0 Å². The van der Waals surface area contributed by atoms with Crippen molar-refractivity contribution in [3.8, 4) is 0 Å². The lowest BCUT2D eigenvalue weighted by atomic mass is 10.2. The van der Waals surface area contributed by atoms with Gasteiger partial charge in [-0.15, -0.1) is 24.0 Å². The Morgan fingerprint density at radius 3 is 2.96 bits per heavy atom. The predicted molar refractivity (Wildman–Crippen MR) is 102 cm³/mol. The van der Waals surface area contributed by atoms with E-state index in [-0.39, 0.29) is 5.91 Å². The highest BCUT2D eigenvalue weighted by Gasteiger charge is 2.06. The van der Waals surface area contributed by atoms with Gasteiger partial charge in [-0.25, -0.2) is 0 Å². The molecule has 6 heteroatoms. The van der Waals surface area contributed by atoms with Crippen molar-refractivity contribution < 1.29 is 4.79 Å². The molecule has 4 nitrogen and oxygen atoms in total. The number of aromatic nitrogens is 1. The zero-order chi connectivity index (χ0) is 16.7. The molecule has 0 unspecified atom stereocenters. The van der Waals surface area contributed by atoms with Crippen LogP contribution in [0.15, 0.2) is 47.6 Å². The average molecular weight is 348 g/mol. The van der Waals surface area contributed by atoms with Crippen LogP contribution >= 0.6 is 24.0 Å². The smallest absolute Gasteiger partial charge is 0.251 e. The van der Waals surface area contributed by atoms with E-state index < -0.39 is 0 Å². The summed E-state index contributed by atoms with van der Waals surface area (Å²) in [7, 11) is 1.79. The molecule has 0 saturated carbocycles. The number of fused-ring (bicyclic) bond motifs is 1. The highest BCUT2D eigenvalue weighted by molar-refractivity contribution is 7.84. The van der Waals surface area contributed by atoms with E-state index in [1.165, 1.54) is 4.88 Å². The summed E-state index contributed by atoms with van der Waals surface area (Å²) in [4.78, 5) is 17.5. The number of aryl methyl sites for hydroxylation is 1. The number of hydrogen-bond donors (Lipinski definition) is 4. The SMILES string of the molecule is CCc1ccc[nH]c2cc(C(=O)NC/C(S)=C/NC)ccc2s1. The first kappa shape index (κ1) is 17.4. The van der Waals surface area contributed by atoms with Crippen LogP contribution < -0.4 is 10.6 Å². The summed E-state index contributed by atoms with van der Waals surface area (Å²) < 4.78 is 1.11. The summed E-state index contributed by atoms with van der Waals surface area (Å²) in [6.07, 6.45) is 4.61. The molecule has 2 rings (SSSR count). The summed E-state index contributed by atoms with van der Waals surface area (Å²) >= 11 is 6.00. The van der Waals surface area contributed by atoms with E-state index in [0.717, 1.165) is 21.5 Å². The van der Waals surface area contributed by atoms with E-state index in [4.69, 9.17) is 0 Å². The Morgan fingerprint density at radius 1 is 1.39 bits per heavy atom. The van der Waals surface area contributed by atoms with Crippen molar-refractivity contribution in [2.45, 2.75) is 13.3 Å². The molecule has 2 aromatic rings. The summed E-state index contributed by atoms with van der Waals surface area (Å²) in [5.74, 6) is -0.118. The zero-order valence-electron chi connectivity index (χ0n) is 13.2. The monoisotopic (exact) mass is 347 g/mol. The topological polar surface area (TPSA) is 56.9 Å². The van der Waals surface area contributed by atoms with Crippen LogP contribution in [0, 0.1) is 0 Å². The van der Waals surface area contributed by atoms with Gasteiger partial charge < -0.3 is 15.6 Å². The Labute approximate surface area is 145 Å². The van der Waals surface area contributed by atoms with Gasteiger partial charge in [-0.2, -0.15) is 0 Å². The number of benzene rings is 1. The summed E-state index contributed by atoms with van der Waals surface area (Å²) in [6.45, 7) is 2.53. The minimum absolute atomic E-state index is 0.118. The van der Waals surface area contributed by atoms with E-state index in [1.807, 2.05) is 30.5 Å². The molecule has 23 heavy (non-hydrogen) atoms. The minimum Gasteiger partial charge on any atom is -0.393 e. The van der Waals surface area contributed by atoms with Crippen LogP contribution in [0.5, 0.6) is 0 Å². The second kappa shape index (κ2) is 8.64. The Bertz CT molecular complexity index is 760. The fourth-order valence-corrected chi connectivity index (χ4v) is 3.17. The van der Waals surface area contributed by atoms with Crippen molar-refractivity contribution in [2.24, 2.45) is 0 Å². The van der Waals surface area contributed by atoms with Gasteiger partial charge in [-0.1, -0.05) is 6.92 Å². The molecule has 0 fully saturated rings. The van der Waals surface area contributed by atoms with Crippen LogP contribution in [0.25, 0.3) is 10.2 Å². The van der Waals surface area contributed by atoms with Crippen LogP contribution in [0.2, 0.25) is 0 Å². The fraction of sp³-hybridized carbons (Fsp3) is 0.235. The van der Waals surface area contributed by atoms with Crippen molar-refractivity contribution in [3.05, 3.63) is 58.1 Å². The summed E-state index contributed by atoms with van der Waals surface area (Å²) in [6, 6.07) is 9.79. The lowest BCUT2D eigenvalue weighted by Crippen LogP contribution is -2.25. The molecule has 122 valence electrons. The number of amides is 1. The van der Waals surface area contributed by atoms with Crippen molar-refractivity contribution in [3.63, 3.8) is 0 Å². The first-order chi connectivity index (χ1) is 11.1. The Morgan fingerprint density at radius 2 is 2.22 bits per heavy atom. The van der Waals surface area contributed by atoms with Crippen molar-refractivity contribution >= 4 is 40.1 Å². The van der Waals surface area contributed by atoms with Crippen LogP contribution in [-0.2, 0) is 6.42 Å². The number of carbonyl (C=O) groups is 1. The van der Waals surface area contributed by atoms with Crippen LogP contribution in [0.1, 0.15) is 22.2 Å². The molecule has 0 saturated heterocycles. The molecular weight excluding hydrogens is 326 g/mol. The maximum absolute atomic E-state index is 12.3. The van der Waals surface area contributed by atoms with Crippen molar-refractivity contribution in [1.82, 2.24) is 15.6 Å². The molecule has 1 aromatic carbocycles. The Hall–Kier alpha value is -1.92. The van der Waals surface area contributed by atoms with Gasteiger partial charge in [0.2, 0.25) is 0 Å². The maximum Gasteiger partial charge on any atom is 0.251 e. The fourth-order valence-electron chi connectivity index (χ4n) is 2.02. The van der Waals surface area contributed by atoms with Crippen LogP contribution in [-0.4, -0.2) is 24.5 Å². The molecule has 0 bridgehead atoms. The third-order valence-electron chi connectivity index (χ3n) is 3.19. The Kier molecular flexibility index (Phi) is 6.55. The number of carbonyl (C=O) groups excluding carboxylic acids is 1. The molecule has 0 aliphatic rings. The van der Waals surface area contributed by atoms with Crippen LogP contribution in [0.4, 0.5) is 0 Å². The first-order valence-corrected chi connectivity index (χ1v) is 8.68. The van der Waals surface area contributed by atoms with E-state index in [9.17, 15) is 4.79 Å². The van der Waals surface area contributed by atoms with Gasteiger partial charge in [-0.05, 0) is 36.8 Å². The van der Waals surface area contributed by atoms with Gasteiger partial charge in [0.1, 0.15) is 0 Å². The van der Waals surface area contributed by atoms with Crippen LogP contribution in [0.3, 0.4) is 0 Å². The molecular formula is C17H21N3OS2. The first-order valence-electron chi connectivity index (χ1n) is 7.41. The second-order valence-electron chi connectivity index (χ2n) is 4.91. The summed E-state index contributed by atoms with van der Waals surface area (Å²) in [5, 5.41) is 5.73. The van der Waals surface area contributed by atoms with Gasteiger partial charge in [0, 0.05) is 34.8 Å². The maximum atomic E-state index is 12.3. The number of H-pyrrole nitrogens is 1. The van der Waals surface area contributed by atoms with Gasteiger partial charge in [0.15, 0.2) is 0 Å². The van der Waals surface area contributed by atoms with E-state index >= 15 is 0 Å². The van der Waals surface area contributed by atoms with Gasteiger partial charge in [-0.3, -0.25) is 4.79 Å². The number of hydrogen-bond acceptors (Lipinski definition) is 4. The van der Waals surface area contributed by atoms with E-state index in [1.54, 1.807) is 24.6 Å². The normalized spacial score (nSPS) is 11.2. The highest BCUT2D eigenvalue weighted by atomic mass is 32.1. The lowest BCUT2D eigenvalue weighted by Gasteiger charge is -2.06. The molecule has 1 amide bonds. The zero-order valence-corrected chi connectivity index (χ0v) is 14.9. The number of rotatable bonds is 5. The largest absolute Gasteiger partial charge is 0.393 e. The highest BCUT2D eigenvalue weighted by Crippen LogP contribution is 2.19. The quantitative estimate of drug-likeness (QED) is 0.624. The predicted octanol–water partition coefficient (Wildman–Crippen LogP) is 3.64. The molecule has 0 atom stereocenters. The molecule has 1 heterocycles. The molecule has 1 aromatic heterocycles. The summed E-state index contributed by atoms with van der Waals surface area (Å²) in [5.41, 5.74) is 1.56. The van der Waals surface area contributed by atoms with Gasteiger partial charge >= 0.3 is 0 Å². The molecule has 0 radical (unpaired) electrons. The molecule has 0 aliphatic heterocycles. The van der Waals surface area contributed by atoms with Gasteiger partial charge in [0.05, 0.1) is 16.8 Å². The second-order valence-corrected chi connectivity index (χ2v) is 6.65. The van der Waals surface area contributed by atoms with Gasteiger partial charge in [0.25, 0.3) is 5.91 Å². The van der Waals surface area contributed by atoms with E-state index in [0.29, 0.717) is 12.1 Å². The standard InChI is InChI=1S/C17H21N3OS2/c1-3-14-5-4-8-19-15-9-12(6-7-16(15)23-14)17(21)20-11-13(22)10-18-2/h4-10,18-19,22H,3,11H2,1-2H3,(H,20,21)/b8-4?,13-10-,14-5?. The number of thiol groups is 1. The number of aromatic amines is 1. The lowest BCUT2D eigenvalue weighted by molar-refractivity contribution is 0.0958. The molecule has 0 spiro atoms. The molecule has 3 N–H and O–H groups in total. The van der Waals surface area contributed by atoms with E-state index in [2.05, 4.69) is 41.2 Å². The minimum atomic E-state index is -0.118. The third-order valence-corrected chi connectivity index (χ3v) is 4.74. The van der Waals surface area contributed by atoms with Crippen molar-refractivity contribution in [2.75, 3.05) is 13.6 Å². The Balaban J connectivity index is 2.28. The number of nitrogens with one attached hydrogen (secondary N) is 3. The third kappa shape index (κ3) is 5.04. The molecule has 0 aliphatic carbocycles.